The molecule has 4 rings (SSSR count). The lowest BCUT2D eigenvalue weighted by Crippen LogP contribution is -2.52. The number of pyridine rings is 1. The van der Waals surface area contributed by atoms with Crippen LogP contribution in [0.5, 0.6) is 0 Å². The van der Waals surface area contributed by atoms with Gasteiger partial charge in [0.1, 0.15) is 5.82 Å². The molecule has 7 heteroatoms. The predicted octanol–water partition coefficient (Wildman–Crippen LogP) is 3.28. The first-order valence-electron chi connectivity index (χ1n) is 10.7. The summed E-state index contributed by atoms with van der Waals surface area (Å²) in [7, 11) is 0. The van der Waals surface area contributed by atoms with Crippen molar-refractivity contribution in [3.05, 3.63) is 59.3 Å². The monoisotopic (exact) mass is 442 g/mol. The van der Waals surface area contributed by atoms with Crippen LogP contribution in [-0.4, -0.2) is 65.9 Å². The zero-order valence-electron chi connectivity index (χ0n) is 18.5. The average Bonchev–Trinajstić information content (AvgIpc) is 2.75. The summed E-state index contributed by atoms with van der Waals surface area (Å²) in [5, 5.41) is 0. The Bertz CT molecular complexity index is 954. The lowest BCUT2D eigenvalue weighted by Gasteiger charge is -2.38. The van der Waals surface area contributed by atoms with E-state index in [9.17, 15) is 9.59 Å². The van der Waals surface area contributed by atoms with Crippen molar-refractivity contribution < 1.29 is 9.59 Å². The van der Waals surface area contributed by atoms with Crippen molar-refractivity contribution in [3.63, 3.8) is 0 Å². The third-order valence-electron chi connectivity index (χ3n) is 6.28. The number of aromatic nitrogens is 1. The highest BCUT2D eigenvalue weighted by molar-refractivity contribution is 6.12. The van der Waals surface area contributed by atoms with E-state index in [0.717, 1.165) is 56.2 Å². The van der Waals surface area contributed by atoms with Gasteiger partial charge in [0.15, 0.2) is 0 Å². The Hall–Kier alpha value is -2.44. The Labute approximate surface area is 190 Å². The molecule has 1 fully saturated rings. The molecule has 31 heavy (non-hydrogen) atoms. The van der Waals surface area contributed by atoms with Crippen molar-refractivity contribution in [1.82, 2.24) is 14.8 Å². The molecule has 1 aromatic heterocycles. The first kappa shape index (κ1) is 23.2. The number of hydrogen-bond acceptors (Lipinski definition) is 5. The molecule has 0 N–H and O–H groups in total. The van der Waals surface area contributed by atoms with Gasteiger partial charge in [-0.3, -0.25) is 19.4 Å². The second-order valence-electron chi connectivity index (χ2n) is 8.75. The number of carbonyl (C=O) groups is 2. The van der Waals surface area contributed by atoms with Gasteiger partial charge in [-0.2, -0.15) is 0 Å². The van der Waals surface area contributed by atoms with E-state index in [1.165, 1.54) is 4.90 Å². The maximum Gasteiger partial charge on any atom is 0.260 e. The second-order valence-corrected chi connectivity index (χ2v) is 8.75. The fourth-order valence-corrected chi connectivity index (χ4v) is 4.47. The molecule has 1 saturated heterocycles. The summed E-state index contributed by atoms with van der Waals surface area (Å²) in [5.41, 5.74) is 1.85. The molecule has 166 valence electrons. The van der Waals surface area contributed by atoms with E-state index in [-0.39, 0.29) is 24.2 Å². The summed E-state index contributed by atoms with van der Waals surface area (Å²) < 4.78 is 0. The molecule has 6 nitrogen and oxygen atoms in total. The second kappa shape index (κ2) is 9.37. The highest BCUT2D eigenvalue weighted by Gasteiger charge is 2.43. The maximum absolute atomic E-state index is 13.0. The first-order chi connectivity index (χ1) is 14.4. The Morgan fingerprint density at radius 1 is 0.935 bits per heavy atom. The number of piperazine rings is 1. The van der Waals surface area contributed by atoms with Crippen LogP contribution in [0, 0.1) is 6.92 Å². The van der Waals surface area contributed by atoms with Gasteiger partial charge in [-0.05, 0) is 57.5 Å². The van der Waals surface area contributed by atoms with Crippen LogP contribution in [0.2, 0.25) is 0 Å². The fraction of sp³-hybridized carbons (Fsp3) is 0.458. The van der Waals surface area contributed by atoms with E-state index >= 15 is 0 Å². The minimum absolute atomic E-state index is 0. The molecular formula is C24H31ClN4O2. The highest BCUT2D eigenvalue weighted by Crippen LogP contribution is 2.34. The predicted molar refractivity (Wildman–Crippen MR) is 125 cm³/mol. The van der Waals surface area contributed by atoms with Crippen LogP contribution in [0.25, 0.3) is 0 Å². The van der Waals surface area contributed by atoms with Crippen molar-refractivity contribution in [1.29, 1.82) is 0 Å². The maximum atomic E-state index is 13.0. The smallest absolute Gasteiger partial charge is 0.260 e. The summed E-state index contributed by atoms with van der Waals surface area (Å²) in [6.07, 6.45) is 0.790. The largest absolute Gasteiger partial charge is 0.354 e. The molecule has 0 spiro atoms. The normalized spacial score (nSPS) is 18.5. The van der Waals surface area contributed by atoms with Gasteiger partial charge in [0.05, 0.1) is 5.41 Å². The van der Waals surface area contributed by atoms with Crippen molar-refractivity contribution in [3.8, 4) is 0 Å². The lowest BCUT2D eigenvalue weighted by molar-refractivity contribution is -0.134. The molecule has 0 bridgehead atoms. The molecule has 2 aromatic rings. The van der Waals surface area contributed by atoms with E-state index in [1.807, 2.05) is 51.1 Å². The molecule has 1 aromatic carbocycles. The van der Waals surface area contributed by atoms with E-state index in [1.54, 1.807) is 0 Å². The van der Waals surface area contributed by atoms with Crippen molar-refractivity contribution >= 4 is 30.0 Å². The first-order valence-corrected chi connectivity index (χ1v) is 10.7. The van der Waals surface area contributed by atoms with Crippen LogP contribution in [0.15, 0.2) is 42.5 Å². The lowest BCUT2D eigenvalue weighted by atomic mass is 9.77. The van der Waals surface area contributed by atoms with Gasteiger partial charge in [0, 0.05) is 44.0 Å². The van der Waals surface area contributed by atoms with Gasteiger partial charge in [0.2, 0.25) is 5.91 Å². The van der Waals surface area contributed by atoms with Gasteiger partial charge >= 0.3 is 0 Å². The summed E-state index contributed by atoms with van der Waals surface area (Å²) >= 11 is 0. The molecule has 0 saturated carbocycles. The highest BCUT2D eigenvalue weighted by atomic mass is 35.5. The van der Waals surface area contributed by atoms with Gasteiger partial charge in [-0.25, -0.2) is 4.98 Å². The number of hydrogen-bond donors (Lipinski definition) is 0. The minimum Gasteiger partial charge on any atom is -0.354 e. The SMILES string of the molecule is Cc1cccc(N2CCN(CCCN3C(=O)c4ccccc4C(C)(C)C3=O)CC2)n1.Cl. The number of rotatable bonds is 5. The van der Waals surface area contributed by atoms with Crippen LogP contribution in [0.3, 0.4) is 0 Å². The van der Waals surface area contributed by atoms with E-state index in [0.29, 0.717) is 12.1 Å². The third kappa shape index (κ3) is 4.60. The number of fused-ring (bicyclic) bond motifs is 1. The Kier molecular flexibility index (Phi) is 7.02. The number of aryl methyl sites for hydroxylation is 1. The Morgan fingerprint density at radius 2 is 1.65 bits per heavy atom. The molecule has 0 atom stereocenters. The fourth-order valence-electron chi connectivity index (χ4n) is 4.47. The van der Waals surface area contributed by atoms with Gasteiger partial charge < -0.3 is 4.90 Å². The average molecular weight is 443 g/mol. The van der Waals surface area contributed by atoms with Gasteiger partial charge in [-0.1, -0.05) is 24.3 Å². The van der Waals surface area contributed by atoms with Gasteiger partial charge in [0.25, 0.3) is 5.91 Å². The number of carbonyl (C=O) groups excluding carboxylic acids is 2. The van der Waals surface area contributed by atoms with Crippen LogP contribution in [-0.2, 0) is 10.2 Å². The Balaban J connectivity index is 0.00000272. The zero-order valence-corrected chi connectivity index (χ0v) is 19.3. The number of anilines is 1. The topological polar surface area (TPSA) is 56.8 Å². The number of halogens is 1. The van der Waals surface area contributed by atoms with Crippen LogP contribution < -0.4 is 4.90 Å². The van der Waals surface area contributed by atoms with E-state index in [4.69, 9.17) is 0 Å². The van der Waals surface area contributed by atoms with Crippen LogP contribution in [0.4, 0.5) is 5.82 Å². The van der Waals surface area contributed by atoms with E-state index < -0.39 is 5.41 Å². The summed E-state index contributed by atoms with van der Waals surface area (Å²) in [5.74, 6) is 0.784. The summed E-state index contributed by atoms with van der Waals surface area (Å²) in [6, 6.07) is 13.6. The van der Waals surface area contributed by atoms with Crippen LogP contribution in [0.1, 0.15) is 41.9 Å². The minimum atomic E-state index is -0.670. The number of benzene rings is 1. The molecule has 2 amide bonds. The van der Waals surface area contributed by atoms with Crippen LogP contribution >= 0.6 is 12.4 Å². The number of imide groups is 1. The van der Waals surface area contributed by atoms with E-state index in [2.05, 4.69) is 26.9 Å². The Morgan fingerprint density at radius 3 is 2.35 bits per heavy atom. The molecule has 0 aliphatic carbocycles. The number of nitrogens with zero attached hydrogens (tertiary/aromatic N) is 4. The third-order valence-corrected chi connectivity index (χ3v) is 6.28. The molecule has 3 heterocycles. The molecular weight excluding hydrogens is 412 g/mol. The zero-order chi connectivity index (χ0) is 21.3. The summed E-state index contributed by atoms with van der Waals surface area (Å²) in [4.78, 5) is 36.7. The molecule has 2 aliphatic heterocycles. The van der Waals surface area contributed by atoms with Crippen molar-refractivity contribution in [2.75, 3.05) is 44.2 Å². The van der Waals surface area contributed by atoms with Crippen molar-refractivity contribution in [2.24, 2.45) is 0 Å². The van der Waals surface area contributed by atoms with Crippen molar-refractivity contribution in [2.45, 2.75) is 32.6 Å². The molecule has 0 unspecified atom stereocenters. The number of amides is 2. The standard InChI is InChI=1S/C24H30N4O2.ClH/c1-18-8-6-11-21(25-18)27-16-14-26(15-17-27)12-7-13-28-22(29)19-9-4-5-10-20(19)24(2,3)23(28)30;/h4-6,8-11H,7,12-17H2,1-3H3;1H. The summed E-state index contributed by atoms with van der Waals surface area (Å²) in [6.45, 7) is 11.0. The quantitative estimate of drug-likeness (QED) is 0.665. The molecule has 2 aliphatic rings. The molecule has 0 radical (unpaired) electrons. The van der Waals surface area contributed by atoms with Gasteiger partial charge in [-0.15, -0.1) is 12.4 Å².